The summed E-state index contributed by atoms with van der Waals surface area (Å²) >= 11 is 3.41. The zero-order valence-electron chi connectivity index (χ0n) is 24.4. The molecule has 8 heteroatoms. The lowest BCUT2D eigenvalue weighted by Gasteiger charge is -2.44. The average molecular weight is 647 g/mol. The number of amides is 2. The van der Waals surface area contributed by atoms with Gasteiger partial charge in [-0.05, 0) is 82.4 Å². The molecule has 1 aliphatic carbocycles. The fourth-order valence-electron chi connectivity index (χ4n) is 6.23. The van der Waals surface area contributed by atoms with Crippen LogP contribution in [0.5, 0.6) is 5.75 Å². The van der Waals surface area contributed by atoms with E-state index in [9.17, 15) is 14.0 Å². The molecule has 1 unspecified atom stereocenters. The molecule has 2 aliphatic heterocycles. The Hall–Kier alpha value is -3.49. The summed E-state index contributed by atoms with van der Waals surface area (Å²) in [6.07, 6.45) is 4.36. The second-order valence-electron chi connectivity index (χ2n) is 11.8. The Bertz CT molecular complexity index is 1510. The van der Waals surface area contributed by atoms with Gasteiger partial charge in [0, 0.05) is 50.3 Å². The third-order valence-corrected chi connectivity index (χ3v) is 9.24. The van der Waals surface area contributed by atoms with E-state index in [1.165, 1.54) is 17.7 Å². The molecule has 6 rings (SSSR count). The van der Waals surface area contributed by atoms with Gasteiger partial charge >= 0.3 is 0 Å². The molecule has 0 spiro atoms. The van der Waals surface area contributed by atoms with E-state index in [1.807, 2.05) is 28.0 Å². The Morgan fingerprint density at radius 2 is 1.79 bits per heavy atom. The minimum Gasteiger partial charge on any atom is -0.492 e. The number of aryl methyl sites for hydroxylation is 1. The molecule has 2 bridgehead atoms. The fraction of sp³-hybridized carbons (Fsp3) is 0.371. The van der Waals surface area contributed by atoms with E-state index in [0.717, 1.165) is 52.4 Å². The van der Waals surface area contributed by atoms with Gasteiger partial charge in [-0.3, -0.25) is 9.59 Å². The normalized spacial score (nSPS) is 19.7. The third kappa shape index (κ3) is 7.02. The van der Waals surface area contributed by atoms with Crippen LogP contribution in [0, 0.1) is 5.82 Å². The Balaban J connectivity index is 1.22. The first kappa shape index (κ1) is 29.6. The van der Waals surface area contributed by atoms with Gasteiger partial charge in [0.05, 0.1) is 17.1 Å². The van der Waals surface area contributed by atoms with Crippen LogP contribution in [0.3, 0.4) is 0 Å². The molecule has 2 fully saturated rings. The van der Waals surface area contributed by atoms with E-state index in [2.05, 4.69) is 57.6 Å². The van der Waals surface area contributed by atoms with Gasteiger partial charge < -0.3 is 19.9 Å². The minimum absolute atomic E-state index is 0.0492. The highest BCUT2D eigenvalue weighted by molar-refractivity contribution is 9.10. The van der Waals surface area contributed by atoms with Gasteiger partial charge in [-0.2, -0.15) is 0 Å². The van der Waals surface area contributed by atoms with Gasteiger partial charge in [0.1, 0.15) is 11.6 Å². The molecule has 2 amide bonds. The minimum atomic E-state index is -0.322. The molecule has 3 aromatic rings. The first-order valence-electron chi connectivity index (χ1n) is 15.1. The summed E-state index contributed by atoms with van der Waals surface area (Å²) in [5.74, 6) is 0.310. The lowest BCUT2D eigenvalue weighted by Crippen LogP contribution is -2.61. The molecule has 1 saturated carbocycles. The van der Waals surface area contributed by atoms with Crippen LogP contribution in [0.25, 0.3) is 5.57 Å². The number of nitrogens with zero attached hydrogens (tertiary/aromatic N) is 2. The fourth-order valence-corrected chi connectivity index (χ4v) is 6.59. The number of hydrogen-bond donors (Lipinski definition) is 1. The number of piperazine rings is 1. The largest absolute Gasteiger partial charge is 0.492 e. The summed E-state index contributed by atoms with van der Waals surface area (Å²) in [6.45, 7) is 3.82. The van der Waals surface area contributed by atoms with E-state index < -0.39 is 0 Å². The van der Waals surface area contributed by atoms with Crippen LogP contribution >= 0.6 is 15.9 Å². The average Bonchev–Trinajstić information content (AvgIpc) is 3.85. The van der Waals surface area contributed by atoms with Crippen LogP contribution in [0.1, 0.15) is 49.3 Å². The van der Waals surface area contributed by atoms with Crippen LogP contribution in [-0.4, -0.2) is 59.4 Å². The van der Waals surface area contributed by atoms with Crippen molar-refractivity contribution in [3.05, 3.63) is 105 Å². The Morgan fingerprint density at radius 3 is 2.51 bits per heavy atom. The second-order valence-corrected chi connectivity index (χ2v) is 12.7. The standard InChI is InChI=1S/C35H37BrFN3O3/c1-23(41)39-21-28-19-30(26-11-9-24(10-12-26)8-5-17-43-33-18-27(37)13-16-31(33)36)34(32(22-39)38-28)35(42)40(29-14-15-29)20-25-6-3-2-4-7-25/h2-4,6-7,9-13,16,18,28-29,32,38H,5,8,14-15,17,19-22H2,1H3/t28?,32-/m1/s1. The predicted molar refractivity (Wildman–Crippen MR) is 169 cm³/mol. The summed E-state index contributed by atoms with van der Waals surface area (Å²) in [5.41, 5.74) is 5.26. The van der Waals surface area contributed by atoms with Gasteiger partial charge in [0.15, 0.2) is 0 Å². The number of rotatable bonds is 10. The number of ether oxygens (including phenoxy) is 1. The molecule has 0 radical (unpaired) electrons. The third-order valence-electron chi connectivity index (χ3n) is 8.59. The Kier molecular flexibility index (Phi) is 8.96. The summed E-state index contributed by atoms with van der Waals surface area (Å²) < 4.78 is 20.1. The smallest absolute Gasteiger partial charge is 0.252 e. The SMILES string of the molecule is CC(=O)N1CC2CC(c3ccc(CCCOc4cc(F)ccc4Br)cc3)=C(C(=O)N(Cc3ccccc3)C3CC3)[C@@H](C1)N2. The van der Waals surface area contributed by atoms with E-state index in [1.54, 1.807) is 13.0 Å². The van der Waals surface area contributed by atoms with Crippen molar-refractivity contribution in [3.63, 3.8) is 0 Å². The Labute approximate surface area is 261 Å². The summed E-state index contributed by atoms with van der Waals surface area (Å²) in [6, 6.07) is 23.3. The zero-order chi connectivity index (χ0) is 29.9. The second kappa shape index (κ2) is 13.0. The molecule has 3 aliphatic rings. The highest BCUT2D eigenvalue weighted by Gasteiger charge is 2.42. The molecule has 3 aromatic carbocycles. The van der Waals surface area contributed by atoms with E-state index in [4.69, 9.17) is 4.74 Å². The van der Waals surface area contributed by atoms with Crippen LogP contribution in [0.2, 0.25) is 0 Å². The highest BCUT2D eigenvalue weighted by atomic mass is 79.9. The first-order valence-corrected chi connectivity index (χ1v) is 15.9. The maximum Gasteiger partial charge on any atom is 0.252 e. The van der Waals surface area contributed by atoms with Gasteiger partial charge in [-0.1, -0.05) is 54.6 Å². The van der Waals surface area contributed by atoms with Gasteiger partial charge in [-0.25, -0.2) is 4.39 Å². The molecule has 2 atom stereocenters. The molecule has 224 valence electrons. The van der Waals surface area contributed by atoms with Gasteiger partial charge in [-0.15, -0.1) is 0 Å². The topological polar surface area (TPSA) is 61.9 Å². The maximum atomic E-state index is 14.4. The molecule has 43 heavy (non-hydrogen) atoms. The van der Waals surface area contributed by atoms with E-state index >= 15 is 0 Å². The number of carbonyl (C=O) groups is 2. The number of carbonyl (C=O) groups excluding carboxylic acids is 2. The molecular formula is C35H37BrFN3O3. The zero-order valence-corrected chi connectivity index (χ0v) is 26.0. The van der Waals surface area contributed by atoms with Gasteiger partial charge in [0.25, 0.3) is 5.91 Å². The Morgan fingerprint density at radius 1 is 1.02 bits per heavy atom. The summed E-state index contributed by atoms with van der Waals surface area (Å²) in [7, 11) is 0. The molecule has 1 saturated heterocycles. The number of benzene rings is 3. The molecule has 2 heterocycles. The van der Waals surface area contributed by atoms with E-state index in [0.29, 0.717) is 38.4 Å². The van der Waals surface area contributed by atoms with Crippen molar-refractivity contribution in [1.82, 2.24) is 15.1 Å². The monoisotopic (exact) mass is 645 g/mol. The van der Waals surface area contributed by atoms with Crippen LogP contribution in [0.15, 0.2) is 82.8 Å². The van der Waals surface area contributed by atoms with Crippen LogP contribution in [-0.2, 0) is 22.6 Å². The highest BCUT2D eigenvalue weighted by Crippen LogP contribution is 2.37. The maximum absolute atomic E-state index is 14.4. The quantitative estimate of drug-likeness (QED) is 0.269. The number of hydrogen-bond acceptors (Lipinski definition) is 4. The van der Waals surface area contributed by atoms with Crippen molar-refractivity contribution < 1.29 is 18.7 Å². The van der Waals surface area contributed by atoms with E-state index in [-0.39, 0.29) is 35.8 Å². The summed E-state index contributed by atoms with van der Waals surface area (Å²) in [4.78, 5) is 30.7. The van der Waals surface area contributed by atoms with Crippen LogP contribution < -0.4 is 10.1 Å². The van der Waals surface area contributed by atoms with Crippen molar-refractivity contribution in [3.8, 4) is 5.75 Å². The number of fused-ring (bicyclic) bond motifs is 2. The van der Waals surface area contributed by atoms with Crippen LogP contribution in [0.4, 0.5) is 4.39 Å². The molecule has 1 N–H and O–H groups in total. The molecule has 6 nitrogen and oxygen atoms in total. The summed E-state index contributed by atoms with van der Waals surface area (Å²) in [5, 5.41) is 3.67. The predicted octanol–water partition coefficient (Wildman–Crippen LogP) is 6.14. The van der Waals surface area contributed by atoms with Crippen molar-refractivity contribution in [2.24, 2.45) is 0 Å². The lowest BCUT2D eigenvalue weighted by molar-refractivity contribution is -0.132. The number of halogens is 2. The van der Waals surface area contributed by atoms with Crippen molar-refractivity contribution in [2.45, 2.75) is 63.7 Å². The van der Waals surface area contributed by atoms with Crippen molar-refractivity contribution >= 4 is 33.3 Å². The van der Waals surface area contributed by atoms with Crippen molar-refractivity contribution in [1.29, 1.82) is 0 Å². The lowest BCUT2D eigenvalue weighted by atomic mass is 9.82. The molecule has 0 aromatic heterocycles. The van der Waals surface area contributed by atoms with Crippen molar-refractivity contribution in [2.75, 3.05) is 19.7 Å². The first-order chi connectivity index (χ1) is 20.9. The number of nitrogens with one attached hydrogen (secondary N) is 1. The molecular weight excluding hydrogens is 609 g/mol. The van der Waals surface area contributed by atoms with Gasteiger partial charge in [0.2, 0.25) is 5.91 Å².